The van der Waals surface area contributed by atoms with E-state index in [1.165, 1.54) is 0 Å². The Morgan fingerprint density at radius 3 is 2.52 bits per heavy atom. The van der Waals surface area contributed by atoms with Gasteiger partial charge in [0.25, 0.3) is 0 Å². The molecule has 130 valence electrons. The fourth-order valence-electron chi connectivity index (χ4n) is 4.35. The second-order valence-corrected chi connectivity index (χ2v) is 7.79. The van der Waals surface area contributed by atoms with Crippen LogP contribution in [0, 0.1) is 5.41 Å². The van der Waals surface area contributed by atoms with Crippen LogP contribution in [0.3, 0.4) is 0 Å². The quantitative estimate of drug-likeness (QED) is 0.785. The van der Waals surface area contributed by atoms with Gasteiger partial charge in [-0.1, -0.05) is 18.2 Å². The first-order valence-electron chi connectivity index (χ1n) is 8.57. The summed E-state index contributed by atoms with van der Waals surface area (Å²) in [5.74, 6) is 0. The van der Waals surface area contributed by atoms with Gasteiger partial charge in [0.05, 0.1) is 6.61 Å². The van der Waals surface area contributed by atoms with Gasteiger partial charge in [0, 0.05) is 37.3 Å². The van der Waals surface area contributed by atoms with E-state index in [2.05, 4.69) is 11.5 Å². The molecule has 1 spiro atoms. The molecule has 3 rings (SSSR count). The van der Waals surface area contributed by atoms with Gasteiger partial charge >= 0.3 is 6.09 Å². The predicted octanol–water partition coefficient (Wildman–Crippen LogP) is 3.55. The highest BCUT2D eigenvalue weighted by atomic mass is 35.5. The van der Waals surface area contributed by atoms with Crippen molar-refractivity contribution in [1.82, 2.24) is 9.80 Å². The molecule has 2 saturated heterocycles. The summed E-state index contributed by atoms with van der Waals surface area (Å²) in [6.07, 6.45) is 3.95. The summed E-state index contributed by atoms with van der Waals surface area (Å²) in [5.41, 5.74) is -1.13. The van der Waals surface area contributed by atoms with Crippen molar-refractivity contribution in [3.8, 4) is 0 Å². The van der Waals surface area contributed by atoms with Gasteiger partial charge in [-0.05, 0) is 44.4 Å². The van der Waals surface area contributed by atoms with Gasteiger partial charge in [-0.3, -0.25) is 0 Å². The third-order valence-corrected chi connectivity index (χ3v) is 6.23. The maximum absolute atomic E-state index is 14.4. The Morgan fingerprint density at radius 1 is 1.30 bits per heavy atom. The first kappa shape index (κ1) is 17.0. The van der Waals surface area contributed by atoms with Crippen LogP contribution in [0.1, 0.15) is 39.0 Å². The van der Waals surface area contributed by atoms with Gasteiger partial charge in [-0.2, -0.15) is 0 Å². The summed E-state index contributed by atoms with van der Waals surface area (Å²) < 4.78 is 19.5. The highest BCUT2D eigenvalue weighted by molar-refractivity contribution is 6.30. The fourth-order valence-corrected chi connectivity index (χ4v) is 4.54. The van der Waals surface area contributed by atoms with Gasteiger partial charge in [-0.25, -0.2) is 9.18 Å². The molecule has 0 atom stereocenters. The second-order valence-electron chi connectivity index (χ2n) is 7.34. The molecular weight excluding hydrogens is 319 g/mol. The van der Waals surface area contributed by atoms with Crippen molar-refractivity contribution in [2.75, 3.05) is 32.8 Å². The number of likely N-dealkylation sites (tertiary alicyclic amines) is 2. The molecule has 3 fully saturated rings. The number of rotatable bonds is 3. The molecule has 0 radical (unpaired) electrons. The minimum atomic E-state index is -1.40. The zero-order valence-corrected chi connectivity index (χ0v) is 14.6. The van der Waals surface area contributed by atoms with E-state index in [0.29, 0.717) is 25.5 Å². The third-order valence-electron chi connectivity index (χ3n) is 5.89. The zero-order valence-electron chi connectivity index (χ0n) is 13.8. The lowest BCUT2D eigenvalue weighted by molar-refractivity contribution is -0.0237. The zero-order chi connectivity index (χ0) is 16.7. The summed E-state index contributed by atoms with van der Waals surface area (Å²) >= 11 is 5.81. The van der Waals surface area contributed by atoms with Gasteiger partial charge in [-0.15, -0.1) is 0 Å². The number of carbonyl (C=O) groups is 1. The molecule has 0 bridgehead atoms. The number of alkyl halides is 1. The van der Waals surface area contributed by atoms with Crippen LogP contribution in [-0.2, 0) is 4.74 Å². The fraction of sp³-hybridized carbons (Fsp3) is 0.824. The molecule has 2 aliphatic heterocycles. The van der Waals surface area contributed by atoms with Crippen LogP contribution in [0.2, 0.25) is 0 Å². The highest BCUT2D eigenvalue weighted by Gasteiger charge is 2.52. The minimum Gasteiger partial charge on any atom is -0.450 e. The molecule has 4 nitrogen and oxygen atoms in total. The highest BCUT2D eigenvalue weighted by Crippen LogP contribution is 2.51. The number of hydrogen-bond acceptors (Lipinski definition) is 3. The average molecular weight is 345 g/mol. The lowest BCUT2D eigenvalue weighted by Crippen LogP contribution is -2.55. The van der Waals surface area contributed by atoms with E-state index >= 15 is 0 Å². The van der Waals surface area contributed by atoms with Crippen molar-refractivity contribution in [2.45, 2.75) is 50.7 Å². The Kier molecular flexibility index (Phi) is 4.62. The van der Waals surface area contributed by atoms with E-state index in [4.69, 9.17) is 16.3 Å². The predicted molar refractivity (Wildman–Crippen MR) is 88.3 cm³/mol. The number of amides is 1. The summed E-state index contributed by atoms with van der Waals surface area (Å²) in [5, 5.41) is 0.142. The van der Waals surface area contributed by atoms with Crippen molar-refractivity contribution in [3.05, 3.63) is 11.6 Å². The monoisotopic (exact) mass is 344 g/mol. The Balaban J connectivity index is 1.47. The first-order chi connectivity index (χ1) is 10.9. The Labute approximate surface area is 142 Å². The van der Waals surface area contributed by atoms with Crippen LogP contribution in [0.15, 0.2) is 11.6 Å². The van der Waals surface area contributed by atoms with E-state index in [1.54, 1.807) is 0 Å². The molecule has 6 heteroatoms. The molecular formula is C17H26ClFN2O2. The van der Waals surface area contributed by atoms with Gasteiger partial charge in [0.2, 0.25) is 0 Å². The SMILES string of the molecule is C=C(Cl)C1(F)CCN(C2CC3(CCN(C(=O)OCC)C3)C2)CC1. The number of halogens is 2. The minimum absolute atomic E-state index is 0.142. The molecule has 1 saturated carbocycles. The second kappa shape index (κ2) is 6.25. The Hall–Kier alpha value is -0.810. The van der Waals surface area contributed by atoms with Gasteiger partial charge in [0.15, 0.2) is 0 Å². The van der Waals surface area contributed by atoms with Crippen molar-refractivity contribution >= 4 is 17.7 Å². The lowest BCUT2D eigenvalue weighted by Gasteiger charge is -2.52. The summed E-state index contributed by atoms with van der Waals surface area (Å²) in [6.45, 7) is 8.92. The van der Waals surface area contributed by atoms with Crippen molar-refractivity contribution in [1.29, 1.82) is 0 Å². The summed E-state index contributed by atoms with van der Waals surface area (Å²) in [4.78, 5) is 16.0. The molecule has 3 aliphatic rings. The van der Waals surface area contributed by atoms with Crippen LogP contribution in [0.4, 0.5) is 9.18 Å². The standard InChI is InChI=1S/C17H26ClFN2O2/c1-3-23-15(22)21-7-4-16(12-21)10-14(11-16)20-8-5-17(19,6-9-20)13(2)18/h14H,2-12H2,1H3. The van der Waals surface area contributed by atoms with E-state index < -0.39 is 5.67 Å². The van der Waals surface area contributed by atoms with Crippen LogP contribution < -0.4 is 0 Å². The van der Waals surface area contributed by atoms with E-state index in [-0.39, 0.29) is 16.5 Å². The molecule has 1 amide bonds. The van der Waals surface area contributed by atoms with Crippen LogP contribution >= 0.6 is 11.6 Å². The molecule has 0 N–H and O–H groups in total. The molecule has 1 aliphatic carbocycles. The topological polar surface area (TPSA) is 32.8 Å². The molecule has 0 aromatic carbocycles. The van der Waals surface area contributed by atoms with Crippen LogP contribution in [0.5, 0.6) is 0 Å². The molecule has 0 aromatic heterocycles. The summed E-state index contributed by atoms with van der Waals surface area (Å²) in [7, 11) is 0. The maximum atomic E-state index is 14.4. The molecule has 0 unspecified atom stereocenters. The smallest absolute Gasteiger partial charge is 0.409 e. The third kappa shape index (κ3) is 3.22. The van der Waals surface area contributed by atoms with E-state index in [1.807, 2.05) is 11.8 Å². The van der Waals surface area contributed by atoms with E-state index in [0.717, 1.165) is 45.4 Å². The average Bonchev–Trinajstić information content (AvgIpc) is 2.92. The first-order valence-corrected chi connectivity index (χ1v) is 8.95. The number of nitrogens with zero attached hydrogens (tertiary/aromatic N) is 2. The van der Waals surface area contributed by atoms with Gasteiger partial charge in [0.1, 0.15) is 5.67 Å². The number of piperidine rings is 1. The number of carbonyl (C=O) groups excluding carboxylic acids is 1. The van der Waals surface area contributed by atoms with Crippen molar-refractivity contribution < 1.29 is 13.9 Å². The maximum Gasteiger partial charge on any atom is 0.409 e. The number of ether oxygens (including phenoxy) is 1. The van der Waals surface area contributed by atoms with E-state index in [9.17, 15) is 9.18 Å². The van der Waals surface area contributed by atoms with Crippen molar-refractivity contribution in [3.63, 3.8) is 0 Å². The number of hydrogen-bond donors (Lipinski definition) is 0. The van der Waals surface area contributed by atoms with Crippen LogP contribution in [-0.4, -0.2) is 60.4 Å². The lowest BCUT2D eigenvalue weighted by atomic mass is 9.64. The van der Waals surface area contributed by atoms with Crippen molar-refractivity contribution in [2.24, 2.45) is 5.41 Å². The summed E-state index contributed by atoms with van der Waals surface area (Å²) in [6, 6.07) is 0.519. The normalized spacial score (nSPS) is 33.5. The number of allylic oxidation sites excluding steroid dienone is 1. The Morgan fingerprint density at radius 2 is 1.96 bits per heavy atom. The molecule has 0 aromatic rings. The molecule has 23 heavy (non-hydrogen) atoms. The van der Waals surface area contributed by atoms with Crippen LogP contribution in [0.25, 0.3) is 0 Å². The molecule has 2 heterocycles. The largest absolute Gasteiger partial charge is 0.450 e. The Bertz CT molecular complexity index is 485. The van der Waals surface area contributed by atoms with Gasteiger partial charge < -0.3 is 14.5 Å².